The van der Waals surface area contributed by atoms with Gasteiger partial charge in [0.15, 0.2) is 5.96 Å². The van der Waals surface area contributed by atoms with E-state index in [4.69, 9.17) is 0 Å². The molecule has 120 valence electrons. The first-order valence-corrected chi connectivity index (χ1v) is 8.66. The van der Waals surface area contributed by atoms with Crippen molar-refractivity contribution in [2.75, 3.05) is 32.7 Å². The van der Waals surface area contributed by atoms with E-state index in [-0.39, 0.29) is 0 Å². The fourth-order valence-electron chi connectivity index (χ4n) is 2.94. The first-order valence-electron chi connectivity index (χ1n) is 8.66. The fourth-order valence-corrected chi connectivity index (χ4v) is 2.94. The van der Waals surface area contributed by atoms with E-state index >= 15 is 0 Å². The number of fused-ring (bicyclic) bond motifs is 1. The van der Waals surface area contributed by atoms with Gasteiger partial charge in [0.2, 0.25) is 0 Å². The van der Waals surface area contributed by atoms with Crippen LogP contribution in [0.25, 0.3) is 0 Å². The van der Waals surface area contributed by atoms with Crippen LogP contribution >= 0.6 is 0 Å². The Morgan fingerprint density at radius 1 is 1.23 bits per heavy atom. The average Bonchev–Trinajstić information content (AvgIpc) is 3.37. The highest BCUT2D eigenvalue weighted by atomic mass is 15.2. The van der Waals surface area contributed by atoms with E-state index < -0.39 is 0 Å². The Balaban J connectivity index is 1.43. The molecule has 0 bridgehead atoms. The molecule has 0 saturated heterocycles. The van der Waals surface area contributed by atoms with Crippen molar-refractivity contribution in [1.29, 1.82) is 0 Å². The highest BCUT2D eigenvalue weighted by molar-refractivity contribution is 5.79. The summed E-state index contributed by atoms with van der Waals surface area (Å²) < 4.78 is 0. The molecule has 0 spiro atoms. The third-order valence-electron chi connectivity index (χ3n) is 4.48. The van der Waals surface area contributed by atoms with Crippen LogP contribution in [0.15, 0.2) is 29.3 Å². The van der Waals surface area contributed by atoms with Crippen molar-refractivity contribution in [3.63, 3.8) is 0 Å². The van der Waals surface area contributed by atoms with E-state index in [1.807, 2.05) is 0 Å². The lowest BCUT2D eigenvalue weighted by Crippen LogP contribution is -2.42. The van der Waals surface area contributed by atoms with E-state index in [0.717, 1.165) is 51.1 Å². The van der Waals surface area contributed by atoms with Crippen molar-refractivity contribution in [3.05, 3.63) is 35.4 Å². The molecule has 1 aromatic rings. The van der Waals surface area contributed by atoms with Gasteiger partial charge in [0.1, 0.15) is 0 Å². The molecule has 1 saturated carbocycles. The summed E-state index contributed by atoms with van der Waals surface area (Å²) in [4.78, 5) is 7.20. The van der Waals surface area contributed by atoms with Crippen LogP contribution in [0.3, 0.4) is 0 Å². The van der Waals surface area contributed by atoms with Gasteiger partial charge in [0.05, 0.1) is 0 Å². The maximum Gasteiger partial charge on any atom is 0.191 e. The second-order valence-electron chi connectivity index (χ2n) is 6.38. The highest BCUT2D eigenvalue weighted by Gasteiger charge is 2.20. The standard InChI is InChI=1S/C18H28N4/c1-2-19-18(21-13-15-7-8-15)20-10-12-22-11-9-16-5-3-4-6-17(16)14-22/h3-6,15H,2,7-14H2,1H3,(H2,19,20,21). The normalized spacial score (nSPS) is 18.9. The van der Waals surface area contributed by atoms with Crippen LogP contribution in [0.4, 0.5) is 0 Å². The van der Waals surface area contributed by atoms with Gasteiger partial charge in [-0.05, 0) is 43.2 Å². The SMILES string of the molecule is CCNC(=NCC1CC1)NCCN1CCc2ccccc2C1. The van der Waals surface area contributed by atoms with E-state index in [9.17, 15) is 0 Å². The predicted molar refractivity (Wildman–Crippen MR) is 92.1 cm³/mol. The molecular formula is C18H28N4. The molecule has 4 nitrogen and oxygen atoms in total. The van der Waals surface area contributed by atoms with Gasteiger partial charge >= 0.3 is 0 Å². The van der Waals surface area contributed by atoms with Crippen LogP contribution in [0.2, 0.25) is 0 Å². The van der Waals surface area contributed by atoms with Crippen LogP contribution in [-0.4, -0.2) is 43.6 Å². The lowest BCUT2D eigenvalue weighted by molar-refractivity contribution is 0.258. The lowest BCUT2D eigenvalue weighted by atomic mass is 10.00. The summed E-state index contributed by atoms with van der Waals surface area (Å²) in [6.45, 7) is 8.29. The van der Waals surface area contributed by atoms with Crippen molar-refractivity contribution >= 4 is 5.96 Å². The van der Waals surface area contributed by atoms with Crippen LogP contribution in [-0.2, 0) is 13.0 Å². The molecular weight excluding hydrogens is 272 g/mol. The summed E-state index contributed by atoms with van der Waals surface area (Å²) in [5, 5.41) is 6.81. The van der Waals surface area contributed by atoms with Gasteiger partial charge < -0.3 is 10.6 Å². The molecule has 0 aromatic heterocycles. The Morgan fingerprint density at radius 3 is 2.82 bits per heavy atom. The molecule has 1 aliphatic carbocycles. The summed E-state index contributed by atoms with van der Waals surface area (Å²) in [7, 11) is 0. The van der Waals surface area contributed by atoms with Gasteiger partial charge in [-0.15, -0.1) is 0 Å². The van der Waals surface area contributed by atoms with Gasteiger partial charge in [-0.25, -0.2) is 0 Å². The summed E-state index contributed by atoms with van der Waals surface area (Å²) in [5.41, 5.74) is 3.01. The zero-order valence-corrected chi connectivity index (χ0v) is 13.6. The third-order valence-corrected chi connectivity index (χ3v) is 4.48. The molecule has 1 aliphatic heterocycles. The van der Waals surface area contributed by atoms with Crippen molar-refractivity contribution < 1.29 is 0 Å². The number of hydrogen-bond donors (Lipinski definition) is 2. The Hall–Kier alpha value is -1.55. The first-order chi connectivity index (χ1) is 10.8. The number of hydrogen-bond acceptors (Lipinski definition) is 2. The Bertz CT molecular complexity index is 508. The quantitative estimate of drug-likeness (QED) is 0.623. The van der Waals surface area contributed by atoms with Crippen LogP contribution < -0.4 is 10.6 Å². The van der Waals surface area contributed by atoms with Crippen LogP contribution in [0.5, 0.6) is 0 Å². The minimum atomic E-state index is 0.842. The van der Waals surface area contributed by atoms with Crippen LogP contribution in [0, 0.1) is 5.92 Å². The number of aliphatic imine (C=N–C) groups is 1. The summed E-state index contributed by atoms with van der Waals surface area (Å²) in [5.74, 6) is 1.82. The number of nitrogens with one attached hydrogen (secondary N) is 2. The van der Waals surface area contributed by atoms with Gasteiger partial charge in [-0.2, -0.15) is 0 Å². The van der Waals surface area contributed by atoms with Gasteiger partial charge in [0.25, 0.3) is 0 Å². The molecule has 0 radical (unpaired) electrons. The molecule has 2 N–H and O–H groups in total. The topological polar surface area (TPSA) is 39.7 Å². The monoisotopic (exact) mass is 300 g/mol. The molecule has 0 amide bonds. The molecule has 1 aromatic carbocycles. The second kappa shape index (κ2) is 7.63. The molecule has 3 rings (SSSR count). The molecule has 1 fully saturated rings. The summed E-state index contributed by atoms with van der Waals surface area (Å²) in [6.07, 6.45) is 3.89. The molecule has 1 heterocycles. The predicted octanol–water partition coefficient (Wildman–Crippen LogP) is 2.01. The third kappa shape index (κ3) is 4.47. The zero-order valence-electron chi connectivity index (χ0n) is 13.6. The van der Waals surface area contributed by atoms with Gasteiger partial charge in [0, 0.05) is 39.3 Å². The minimum absolute atomic E-state index is 0.842. The Labute approximate surface area is 134 Å². The van der Waals surface area contributed by atoms with Crippen molar-refractivity contribution in [2.24, 2.45) is 10.9 Å². The molecule has 4 heteroatoms. The van der Waals surface area contributed by atoms with E-state index in [0.29, 0.717) is 0 Å². The number of nitrogens with zero attached hydrogens (tertiary/aromatic N) is 2. The maximum absolute atomic E-state index is 4.67. The molecule has 0 unspecified atom stereocenters. The van der Waals surface area contributed by atoms with E-state index in [2.05, 4.69) is 51.7 Å². The number of rotatable bonds is 6. The summed E-state index contributed by atoms with van der Waals surface area (Å²) >= 11 is 0. The van der Waals surface area contributed by atoms with E-state index in [1.165, 1.54) is 30.4 Å². The van der Waals surface area contributed by atoms with Crippen molar-refractivity contribution in [1.82, 2.24) is 15.5 Å². The van der Waals surface area contributed by atoms with Crippen LogP contribution in [0.1, 0.15) is 30.9 Å². The number of guanidine groups is 1. The zero-order chi connectivity index (χ0) is 15.2. The highest BCUT2D eigenvalue weighted by Crippen LogP contribution is 2.28. The lowest BCUT2D eigenvalue weighted by Gasteiger charge is -2.28. The molecule has 0 atom stereocenters. The molecule has 22 heavy (non-hydrogen) atoms. The summed E-state index contributed by atoms with van der Waals surface area (Å²) in [6, 6.07) is 8.82. The largest absolute Gasteiger partial charge is 0.357 e. The van der Waals surface area contributed by atoms with E-state index in [1.54, 1.807) is 0 Å². The Kier molecular flexibility index (Phi) is 5.33. The minimum Gasteiger partial charge on any atom is -0.357 e. The first kappa shape index (κ1) is 15.3. The Morgan fingerprint density at radius 2 is 2.05 bits per heavy atom. The maximum atomic E-state index is 4.67. The smallest absolute Gasteiger partial charge is 0.191 e. The van der Waals surface area contributed by atoms with Crippen molar-refractivity contribution in [2.45, 2.75) is 32.7 Å². The van der Waals surface area contributed by atoms with Gasteiger partial charge in [-0.3, -0.25) is 9.89 Å². The number of benzene rings is 1. The van der Waals surface area contributed by atoms with Gasteiger partial charge in [-0.1, -0.05) is 24.3 Å². The second-order valence-corrected chi connectivity index (χ2v) is 6.38. The fraction of sp³-hybridized carbons (Fsp3) is 0.611. The average molecular weight is 300 g/mol. The van der Waals surface area contributed by atoms with Crippen molar-refractivity contribution in [3.8, 4) is 0 Å². The molecule has 2 aliphatic rings.